The van der Waals surface area contributed by atoms with Gasteiger partial charge < -0.3 is 24.3 Å². The van der Waals surface area contributed by atoms with E-state index in [2.05, 4.69) is 5.32 Å². The van der Waals surface area contributed by atoms with Crippen molar-refractivity contribution in [1.82, 2.24) is 0 Å². The van der Waals surface area contributed by atoms with E-state index in [0.717, 1.165) is 0 Å². The molecule has 142 valence electrons. The number of halogens is 1. The summed E-state index contributed by atoms with van der Waals surface area (Å²) in [5, 5.41) is 3.23. The van der Waals surface area contributed by atoms with Gasteiger partial charge in [0, 0.05) is 16.8 Å². The van der Waals surface area contributed by atoms with E-state index in [4.69, 9.17) is 30.5 Å². The Morgan fingerprint density at radius 3 is 2.56 bits per heavy atom. The standard InChI is InChI=1S/C19H18ClNO6/c1-12(27-18(22)11-26-15-5-2-13(20)3-6-15)19(23)21-14-4-7-16-17(10-14)25-9-8-24-16/h2-7,10,12H,8-9,11H2,1H3,(H,21,23)/t12-/m1/s1. The Morgan fingerprint density at radius 1 is 1.11 bits per heavy atom. The summed E-state index contributed by atoms with van der Waals surface area (Å²) in [7, 11) is 0. The van der Waals surface area contributed by atoms with Crippen LogP contribution in [0.25, 0.3) is 0 Å². The molecule has 2 aromatic rings. The third-order valence-electron chi connectivity index (χ3n) is 3.66. The molecule has 0 unspecified atom stereocenters. The number of nitrogens with one attached hydrogen (secondary N) is 1. The molecule has 0 bridgehead atoms. The Bertz CT molecular complexity index is 823. The second-order valence-electron chi connectivity index (χ2n) is 5.72. The first-order chi connectivity index (χ1) is 13.0. The number of amides is 1. The van der Waals surface area contributed by atoms with E-state index in [9.17, 15) is 9.59 Å². The van der Waals surface area contributed by atoms with Crippen LogP contribution in [0.1, 0.15) is 6.92 Å². The molecule has 27 heavy (non-hydrogen) atoms. The van der Waals surface area contributed by atoms with Gasteiger partial charge in [-0.25, -0.2) is 4.79 Å². The van der Waals surface area contributed by atoms with Crippen LogP contribution in [-0.4, -0.2) is 37.8 Å². The lowest BCUT2D eigenvalue weighted by molar-refractivity contribution is -0.155. The maximum atomic E-state index is 12.2. The minimum Gasteiger partial charge on any atom is -0.486 e. The molecule has 3 rings (SSSR count). The highest BCUT2D eigenvalue weighted by atomic mass is 35.5. The highest BCUT2D eigenvalue weighted by Gasteiger charge is 2.19. The van der Waals surface area contributed by atoms with Crippen LogP contribution in [0.3, 0.4) is 0 Å². The number of carbonyl (C=O) groups is 2. The predicted molar refractivity (Wildman–Crippen MR) is 98.6 cm³/mol. The van der Waals surface area contributed by atoms with Gasteiger partial charge in [0.05, 0.1) is 0 Å². The van der Waals surface area contributed by atoms with Crippen molar-refractivity contribution in [3.63, 3.8) is 0 Å². The fraction of sp³-hybridized carbons (Fsp3) is 0.263. The minimum absolute atomic E-state index is 0.316. The smallest absolute Gasteiger partial charge is 0.344 e. The predicted octanol–water partition coefficient (Wildman–Crippen LogP) is 3.06. The zero-order valence-electron chi connectivity index (χ0n) is 14.6. The summed E-state index contributed by atoms with van der Waals surface area (Å²) in [5.74, 6) is 0.532. The first-order valence-electron chi connectivity index (χ1n) is 8.29. The Labute approximate surface area is 161 Å². The molecule has 1 aliphatic rings. The van der Waals surface area contributed by atoms with E-state index in [1.165, 1.54) is 6.92 Å². The van der Waals surface area contributed by atoms with Crippen molar-refractivity contribution in [2.75, 3.05) is 25.1 Å². The lowest BCUT2D eigenvalue weighted by Gasteiger charge is -2.19. The summed E-state index contributed by atoms with van der Waals surface area (Å²) in [6.45, 7) is 2.10. The molecule has 0 fully saturated rings. The van der Waals surface area contributed by atoms with E-state index in [1.54, 1.807) is 42.5 Å². The van der Waals surface area contributed by atoms with Crippen LogP contribution >= 0.6 is 11.6 Å². The maximum Gasteiger partial charge on any atom is 0.344 e. The van der Waals surface area contributed by atoms with Gasteiger partial charge in [0.15, 0.2) is 24.2 Å². The van der Waals surface area contributed by atoms with Crippen molar-refractivity contribution < 1.29 is 28.5 Å². The SMILES string of the molecule is C[C@@H](OC(=O)COc1ccc(Cl)cc1)C(=O)Nc1ccc2c(c1)OCCO2. The lowest BCUT2D eigenvalue weighted by atomic mass is 10.2. The number of fused-ring (bicyclic) bond motifs is 1. The van der Waals surface area contributed by atoms with Gasteiger partial charge >= 0.3 is 5.97 Å². The number of benzene rings is 2. The first-order valence-corrected chi connectivity index (χ1v) is 8.67. The Balaban J connectivity index is 1.48. The van der Waals surface area contributed by atoms with Crippen molar-refractivity contribution >= 4 is 29.2 Å². The molecule has 1 N–H and O–H groups in total. The summed E-state index contributed by atoms with van der Waals surface area (Å²) >= 11 is 5.78. The molecule has 2 aromatic carbocycles. The van der Waals surface area contributed by atoms with Gasteiger partial charge in [-0.05, 0) is 43.3 Å². The topological polar surface area (TPSA) is 83.1 Å². The van der Waals surface area contributed by atoms with E-state index >= 15 is 0 Å². The molecule has 1 aliphatic heterocycles. The molecule has 0 spiro atoms. The van der Waals surface area contributed by atoms with Crippen LogP contribution in [-0.2, 0) is 14.3 Å². The molecule has 0 saturated carbocycles. The maximum absolute atomic E-state index is 12.2. The molecule has 0 aromatic heterocycles. The fourth-order valence-electron chi connectivity index (χ4n) is 2.32. The quantitative estimate of drug-likeness (QED) is 0.762. The first kappa shape index (κ1) is 18.8. The fourth-order valence-corrected chi connectivity index (χ4v) is 2.45. The van der Waals surface area contributed by atoms with Gasteiger partial charge in [0.25, 0.3) is 5.91 Å². The van der Waals surface area contributed by atoms with Crippen molar-refractivity contribution in [1.29, 1.82) is 0 Å². The second kappa shape index (κ2) is 8.64. The van der Waals surface area contributed by atoms with Crippen molar-refractivity contribution in [2.45, 2.75) is 13.0 Å². The largest absolute Gasteiger partial charge is 0.486 e. The lowest BCUT2D eigenvalue weighted by Crippen LogP contribution is -2.31. The van der Waals surface area contributed by atoms with Crippen LogP contribution in [0.5, 0.6) is 17.2 Å². The molecular weight excluding hydrogens is 374 g/mol. The molecule has 0 aliphatic carbocycles. The number of hydrogen-bond acceptors (Lipinski definition) is 6. The van der Waals surface area contributed by atoms with Gasteiger partial charge in [0.1, 0.15) is 19.0 Å². The normalized spacial score (nSPS) is 13.4. The van der Waals surface area contributed by atoms with Crippen molar-refractivity contribution in [3.05, 3.63) is 47.5 Å². The Hall–Kier alpha value is -2.93. The van der Waals surface area contributed by atoms with Crippen LogP contribution in [0.2, 0.25) is 5.02 Å². The van der Waals surface area contributed by atoms with Crippen LogP contribution in [0.15, 0.2) is 42.5 Å². The zero-order valence-corrected chi connectivity index (χ0v) is 15.3. The number of carbonyl (C=O) groups excluding carboxylic acids is 2. The van der Waals surface area contributed by atoms with Gasteiger partial charge in [-0.15, -0.1) is 0 Å². The Morgan fingerprint density at radius 2 is 1.81 bits per heavy atom. The summed E-state index contributed by atoms with van der Waals surface area (Å²) in [5.41, 5.74) is 0.518. The van der Waals surface area contributed by atoms with Crippen LogP contribution in [0, 0.1) is 0 Å². The molecule has 8 heteroatoms. The molecular formula is C19H18ClNO6. The summed E-state index contributed by atoms with van der Waals surface area (Å²) in [6.07, 6.45) is -0.987. The molecule has 0 radical (unpaired) electrons. The molecule has 1 amide bonds. The zero-order chi connectivity index (χ0) is 19.2. The molecule has 7 nitrogen and oxygen atoms in total. The number of anilines is 1. The third kappa shape index (κ3) is 5.27. The van der Waals surface area contributed by atoms with Gasteiger partial charge in [0.2, 0.25) is 0 Å². The van der Waals surface area contributed by atoms with E-state index in [1.807, 2.05) is 0 Å². The average molecular weight is 392 g/mol. The van der Waals surface area contributed by atoms with Crippen molar-refractivity contribution in [3.8, 4) is 17.2 Å². The average Bonchev–Trinajstić information content (AvgIpc) is 2.67. The highest BCUT2D eigenvalue weighted by molar-refractivity contribution is 6.30. The number of esters is 1. The van der Waals surface area contributed by atoms with E-state index in [0.29, 0.717) is 41.2 Å². The van der Waals surface area contributed by atoms with Crippen molar-refractivity contribution in [2.24, 2.45) is 0 Å². The van der Waals surface area contributed by atoms with E-state index < -0.39 is 18.0 Å². The van der Waals surface area contributed by atoms with E-state index in [-0.39, 0.29) is 6.61 Å². The third-order valence-corrected chi connectivity index (χ3v) is 3.91. The summed E-state index contributed by atoms with van der Waals surface area (Å²) in [4.78, 5) is 24.1. The highest BCUT2D eigenvalue weighted by Crippen LogP contribution is 2.32. The number of rotatable bonds is 6. The summed E-state index contributed by atoms with van der Waals surface area (Å²) in [6, 6.07) is 11.6. The minimum atomic E-state index is -0.987. The summed E-state index contributed by atoms with van der Waals surface area (Å²) < 4.78 is 21.3. The Kier molecular flexibility index (Phi) is 6.03. The molecule has 0 saturated heterocycles. The van der Waals surface area contributed by atoms with Crippen LogP contribution in [0.4, 0.5) is 5.69 Å². The van der Waals surface area contributed by atoms with Gasteiger partial charge in [-0.3, -0.25) is 4.79 Å². The van der Waals surface area contributed by atoms with Gasteiger partial charge in [-0.1, -0.05) is 11.6 Å². The second-order valence-corrected chi connectivity index (χ2v) is 6.16. The van der Waals surface area contributed by atoms with Crippen LogP contribution < -0.4 is 19.5 Å². The monoisotopic (exact) mass is 391 g/mol. The number of ether oxygens (including phenoxy) is 4. The van der Waals surface area contributed by atoms with Gasteiger partial charge in [-0.2, -0.15) is 0 Å². The number of hydrogen-bond donors (Lipinski definition) is 1. The molecule has 1 heterocycles. The molecule has 1 atom stereocenters.